The minimum absolute atomic E-state index is 0.0418. The maximum absolute atomic E-state index is 12.4. The number of carbonyl (C=O) groups excluding carboxylic acids is 3. The van der Waals surface area contributed by atoms with Crippen LogP contribution in [-0.2, 0) is 40.1 Å². The van der Waals surface area contributed by atoms with Crippen LogP contribution in [0, 0.1) is 0 Å². The van der Waals surface area contributed by atoms with Crippen molar-refractivity contribution in [2.45, 2.75) is 26.2 Å². The second-order valence-corrected chi connectivity index (χ2v) is 11.5. The van der Waals surface area contributed by atoms with Crippen molar-refractivity contribution < 1.29 is 38.3 Å². The van der Waals surface area contributed by atoms with Crippen molar-refractivity contribution in [1.82, 2.24) is 68.2 Å². The van der Waals surface area contributed by atoms with Crippen molar-refractivity contribution in [3.05, 3.63) is 67.5 Å². The van der Waals surface area contributed by atoms with Crippen LogP contribution in [-0.4, -0.2) is 138 Å². The minimum atomic E-state index is -0.455. The number of hydrogen-bond donors (Lipinski definition) is 0. The topological polar surface area (TPSA) is 285 Å². The highest BCUT2D eigenvalue weighted by atomic mass is 16.5. The lowest BCUT2D eigenvalue weighted by atomic mass is 10.2. The first-order valence-corrected chi connectivity index (χ1v) is 16.8. The zero-order chi connectivity index (χ0) is 39.5. The number of Topliss-reactive ketones (excluding diaryl/α,β-unsaturated/α-hetero) is 3. The number of hydrogen-bond acceptors (Lipinski definition) is 18. The van der Waals surface area contributed by atoms with E-state index in [2.05, 4.69) is 45.9 Å². The van der Waals surface area contributed by atoms with E-state index in [0.717, 1.165) is 18.4 Å². The molecule has 6 aromatic heterocycles. The monoisotopic (exact) mass is 768 g/mol. The Hall–Kier alpha value is -6.31. The molecule has 0 atom stereocenters. The predicted octanol–water partition coefficient (Wildman–Crippen LogP) is -3.29. The summed E-state index contributed by atoms with van der Waals surface area (Å²) in [5.41, 5.74) is -0.502. The number of ketones is 3. The van der Waals surface area contributed by atoms with E-state index in [1.807, 2.05) is 6.92 Å². The molecule has 55 heavy (non-hydrogen) atoms. The lowest BCUT2D eigenvalue weighted by Gasteiger charge is -2.04. The molecule has 0 aliphatic heterocycles. The van der Waals surface area contributed by atoms with Crippen LogP contribution in [0.1, 0.15) is 57.7 Å². The highest BCUT2D eigenvalue weighted by molar-refractivity contribution is 6.00. The number of aromatic amines is 1. The van der Waals surface area contributed by atoms with Crippen molar-refractivity contribution in [2.24, 2.45) is 21.1 Å². The molecule has 25 heteroatoms. The van der Waals surface area contributed by atoms with Gasteiger partial charge in [0.15, 0.2) is 34.2 Å². The molecule has 0 amide bonds. The van der Waals surface area contributed by atoms with E-state index in [0.29, 0.717) is 19.8 Å². The fraction of sp³-hybridized carbons (Fsp3) is 0.500. The Labute approximate surface area is 308 Å². The molecule has 0 saturated heterocycles. The van der Waals surface area contributed by atoms with Crippen LogP contribution in [0.25, 0.3) is 16.9 Å². The zero-order valence-electron chi connectivity index (χ0n) is 30.4. The van der Waals surface area contributed by atoms with E-state index in [-0.39, 0.29) is 104 Å². The minimum Gasteiger partial charge on any atom is -0.379 e. The molecule has 6 aromatic rings. The molecule has 6 rings (SSSR count). The summed E-state index contributed by atoms with van der Waals surface area (Å²) in [5, 5.41) is 22.5. The van der Waals surface area contributed by atoms with Crippen LogP contribution in [0.2, 0.25) is 0 Å². The van der Waals surface area contributed by atoms with Gasteiger partial charge in [-0.25, -0.2) is 38.1 Å². The summed E-state index contributed by atoms with van der Waals surface area (Å²) in [6, 6.07) is 0. The van der Waals surface area contributed by atoms with Crippen LogP contribution >= 0.6 is 0 Å². The third kappa shape index (κ3) is 9.44. The van der Waals surface area contributed by atoms with Gasteiger partial charge in [0, 0.05) is 47.0 Å². The maximum atomic E-state index is 12.4. The number of imidazole rings is 3. The molecule has 0 fully saturated rings. The number of aromatic nitrogens is 15. The Balaban J connectivity index is 0.000000237. The van der Waals surface area contributed by atoms with Crippen molar-refractivity contribution in [2.75, 3.05) is 52.9 Å². The number of rotatable bonds is 19. The van der Waals surface area contributed by atoms with Gasteiger partial charge in [-0.3, -0.25) is 14.4 Å². The first kappa shape index (κ1) is 39.9. The molecule has 0 bridgehead atoms. The Morgan fingerprint density at radius 2 is 0.964 bits per heavy atom. The highest BCUT2D eigenvalue weighted by Gasteiger charge is 2.23. The lowest BCUT2D eigenvalue weighted by Crippen LogP contribution is -2.27. The predicted molar refractivity (Wildman–Crippen MR) is 183 cm³/mol. The van der Waals surface area contributed by atoms with Crippen LogP contribution in [0.3, 0.4) is 0 Å². The first-order valence-electron chi connectivity index (χ1n) is 16.8. The zero-order valence-corrected chi connectivity index (χ0v) is 30.4. The van der Waals surface area contributed by atoms with Gasteiger partial charge in [0.05, 0.1) is 46.2 Å². The maximum Gasteiger partial charge on any atom is 0.439 e. The van der Waals surface area contributed by atoms with E-state index < -0.39 is 17.1 Å². The average molecular weight is 769 g/mol. The summed E-state index contributed by atoms with van der Waals surface area (Å²) in [7, 11) is 4.38. The molecule has 0 aliphatic carbocycles. The Kier molecular flexibility index (Phi) is 13.5. The van der Waals surface area contributed by atoms with Gasteiger partial charge in [0.25, 0.3) is 6.33 Å². The number of fused-ring (bicyclic) bond motifs is 3. The van der Waals surface area contributed by atoms with E-state index in [4.69, 9.17) is 18.9 Å². The third-order valence-corrected chi connectivity index (χ3v) is 7.72. The Bertz CT molecular complexity index is 2370. The quantitative estimate of drug-likeness (QED) is 0.0576. The molecule has 0 radical (unpaired) electrons. The number of nitrogens with zero attached hydrogens (tertiary/aromatic N) is 14. The molecule has 6 heterocycles. The number of carbonyl (C=O) groups is 3. The van der Waals surface area contributed by atoms with Crippen molar-refractivity contribution >= 4 is 34.3 Å². The number of H-pyrrole nitrogens is 1. The lowest BCUT2D eigenvalue weighted by molar-refractivity contribution is -0.379. The molecule has 0 saturated carbocycles. The van der Waals surface area contributed by atoms with Crippen LogP contribution in [0.4, 0.5) is 0 Å². The Morgan fingerprint density at radius 3 is 1.42 bits per heavy atom. The van der Waals surface area contributed by atoms with Gasteiger partial charge in [-0.2, -0.15) is 14.0 Å². The molecular formula is C30H38N15O10+. The van der Waals surface area contributed by atoms with E-state index in [9.17, 15) is 28.8 Å². The smallest absolute Gasteiger partial charge is 0.379 e. The normalized spacial score (nSPS) is 11.3. The van der Waals surface area contributed by atoms with Crippen molar-refractivity contribution in [1.29, 1.82) is 0 Å². The highest BCUT2D eigenvalue weighted by Crippen LogP contribution is 2.08. The van der Waals surface area contributed by atoms with E-state index >= 15 is 0 Å². The average Bonchev–Trinajstić information content (AvgIpc) is 3.93. The molecule has 0 aromatic carbocycles. The van der Waals surface area contributed by atoms with Crippen LogP contribution in [0.5, 0.6) is 0 Å². The summed E-state index contributed by atoms with van der Waals surface area (Å²) in [5.74, 6) is -0.844. The van der Waals surface area contributed by atoms with Gasteiger partial charge < -0.3 is 18.9 Å². The number of ether oxygens (including phenoxy) is 4. The second kappa shape index (κ2) is 18.6. The molecular weight excluding hydrogens is 730 g/mol. The molecule has 1 N–H and O–H groups in total. The largest absolute Gasteiger partial charge is 0.439 e. The van der Waals surface area contributed by atoms with Gasteiger partial charge in [-0.15, -0.1) is 14.6 Å². The van der Waals surface area contributed by atoms with Gasteiger partial charge >= 0.3 is 22.7 Å². The second-order valence-electron chi connectivity index (χ2n) is 11.5. The van der Waals surface area contributed by atoms with E-state index in [1.54, 1.807) is 0 Å². The molecule has 25 nitrogen and oxygen atoms in total. The van der Waals surface area contributed by atoms with Gasteiger partial charge in [-0.05, 0) is 6.92 Å². The molecule has 0 spiro atoms. The standard InChI is InChI=1S/C18H20N10O6.C12H17N5O4/c1-25-17(31)27-9-19-13(15(27)21-23-25)11(29)3-5-33-7-8-34-6-4-12(30)14-16-22-24-26(2)18(32)28(16)10-20-14;1-3-20-6-7-21-5-4-9(18)10-11-14-15-16(2)12(19)17(11)8-13-10/h9-10H,3-8H2,1-2H3;8H,3-7H2,1-2H3/p+1. The fourth-order valence-electron chi connectivity index (χ4n) is 4.83. The summed E-state index contributed by atoms with van der Waals surface area (Å²) >= 11 is 0. The number of aryl methyl sites for hydroxylation is 3. The SMILES string of the molecule is CCOCCOCCC(=O)c1ncn2c(=O)n(C)nnc12.Cn1nnc2c(C(=O)CCOCCOCCC(=O)c3[nH+]cn4c(=O)n(C)nnc34)ncn2c1=O. The third-order valence-electron chi connectivity index (χ3n) is 7.72. The first-order chi connectivity index (χ1) is 26.5. The van der Waals surface area contributed by atoms with Crippen LogP contribution < -0.4 is 22.1 Å². The van der Waals surface area contributed by atoms with Crippen LogP contribution in [0.15, 0.2) is 33.4 Å². The Morgan fingerprint density at radius 1 is 0.564 bits per heavy atom. The van der Waals surface area contributed by atoms with Gasteiger partial charge in [0.1, 0.15) is 12.7 Å². The summed E-state index contributed by atoms with van der Waals surface area (Å²) in [6.45, 7) is 4.44. The summed E-state index contributed by atoms with van der Waals surface area (Å²) in [4.78, 5) is 83.0. The van der Waals surface area contributed by atoms with Crippen molar-refractivity contribution in [3.8, 4) is 0 Å². The molecule has 292 valence electrons. The summed E-state index contributed by atoms with van der Waals surface area (Å²) < 4.78 is 27.9. The number of nitrogens with one attached hydrogen (secondary N) is 1. The van der Waals surface area contributed by atoms with Gasteiger partial charge in [0.2, 0.25) is 11.5 Å². The van der Waals surface area contributed by atoms with E-state index in [1.165, 1.54) is 48.9 Å². The molecule has 0 aliphatic rings. The van der Waals surface area contributed by atoms with Crippen molar-refractivity contribution in [3.63, 3.8) is 0 Å². The molecule has 0 unspecified atom stereocenters. The fourth-order valence-corrected chi connectivity index (χ4v) is 4.83. The van der Waals surface area contributed by atoms with Gasteiger partial charge in [-0.1, -0.05) is 20.7 Å². The summed E-state index contributed by atoms with van der Waals surface area (Å²) in [6.07, 6.45) is 4.13.